The molecule has 0 aliphatic rings. The number of ether oxygens (including phenoxy) is 1. The average Bonchev–Trinajstić information content (AvgIpc) is 2.92. The van der Waals surface area contributed by atoms with Gasteiger partial charge in [0.1, 0.15) is 5.15 Å². The zero-order valence-corrected chi connectivity index (χ0v) is 15.8. The van der Waals surface area contributed by atoms with Crippen molar-refractivity contribution in [2.24, 2.45) is 0 Å². The van der Waals surface area contributed by atoms with Crippen LogP contribution < -0.4 is 10.1 Å². The molecule has 3 rings (SSSR count). The lowest BCUT2D eigenvalue weighted by atomic mass is 10.2. The number of rotatable bonds is 6. The van der Waals surface area contributed by atoms with Crippen molar-refractivity contribution in [1.82, 2.24) is 9.78 Å². The maximum atomic E-state index is 14.0. The number of nitrogens with zero attached hydrogens (tertiary/aromatic N) is 2. The van der Waals surface area contributed by atoms with Gasteiger partial charge in [0.25, 0.3) is 5.91 Å². The van der Waals surface area contributed by atoms with E-state index in [9.17, 15) is 9.18 Å². The van der Waals surface area contributed by atoms with Crippen LogP contribution in [0.25, 0.3) is 0 Å². The standard InChI is InChI=1S/C20H19ClFN3O2/c1-3-27-17-10-9-15(11-16(17)22)23-20(26)18-13(2)24-25(19(18)21)12-14-7-5-4-6-8-14/h4-11H,3,12H2,1-2H3,(H,23,26). The second kappa shape index (κ2) is 8.22. The first-order valence-corrected chi connectivity index (χ1v) is 8.88. The highest BCUT2D eigenvalue weighted by Crippen LogP contribution is 2.25. The van der Waals surface area contributed by atoms with Crippen molar-refractivity contribution < 1.29 is 13.9 Å². The van der Waals surface area contributed by atoms with Gasteiger partial charge in [-0.25, -0.2) is 9.07 Å². The topological polar surface area (TPSA) is 56.1 Å². The number of halogens is 2. The Morgan fingerprint density at radius 3 is 2.67 bits per heavy atom. The number of anilines is 1. The van der Waals surface area contributed by atoms with Crippen molar-refractivity contribution in [3.63, 3.8) is 0 Å². The molecule has 0 radical (unpaired) electrons. The maximum absolute atomic E-state index is 14.0. The van der Waals surface area contributed by atoms with E-state index in [0.717, 1.165) is 5.56 Å². The fraction of sp³-hybridized carbons (Fsp3) is 0.200. The lowest BCUT2D eigenvalue weighted by Crippen LogP contribution is -2.13. The molecule has 0 unspecified atom stereocenters. The van der Waals surface area contributed by atoms with Crippen molar-refractivity contribution in [3.05, 3.63) is 76.3 Å². The van der Waals surface area contributed by atoms with Crippen LogP contribution in [0.3, 0.4) is 0 Å². The molecule has 0 saturated carbocycles. The highest BCUT2D eigenvalue weighted by Gasteiger charge is 2.21. The molecule has 0 spiro atoms. The number of hydrogen-bond acceptors (Lipinski definition) is 3. The van der Waals surface area contributed by atoms with Crippen LogP contribution in [0.5, 0.6) is 5.75 Å². The Morgan fingerprint density at radius 1 is 1.26 bits per heavy atom. The third-order valence-corrected chi connectivity index (χ3v) is 4.34. The average molecular weight is 388 g/mol. The minimum Gasteiger partial charge on any atom is -0.491 e. The van der Waals surface area contributed by atoms with Gasteiger partial charge in [-0.1, -0.05) is 41.9 Å². The van der Waals surface area contributed by atoms with E-state index < -0.39 is 11.7 Å². The van der Waals surface area contributed by atoms with Crippen LogP contribution >= 0.6 is 11.6 Å². The summed E-state index contributed by atoms with van der Waals surface area (Å²) in [6.07, 6.45) is 0. The third-order valence-electron chi connectivity index (χ3n) is 3.96. The second-order valence-corrected chi connectivity index (χ2v) is 6.28. The van der Waals surface area contributed by atoms with Gasteiger partial charge in [0, 0.05) is 11.8 Å². The Labute approximate surface area is 161 Å². The number of hydrogen-bond donors (Lipinski definition) is 1. The molecular formula is C20H19ClFN3O2. The zero-order chi connectivity index (χ0) is 19.4. The molecule has 2 aromatic carbocycles. The molecule has 140 valence electrons. The van der Waals surface area contributed by atoms with E-state index in [2.05, 4.69) is 10.4 Å². The summed E-state index contributed by atoms with van der Waals surface area (Å²) in [4.78, 5) is 12.6. The Hall–Kier alpha value is -2.86. The highest BCUT2D eigenvalue weighted by molar-refractivity contribution is 6.33. The predicted octanol–water partition coefficient (Wildman–Crippen LogP) is 4.68. The Kier molecular flexibility index (Phi) is 5.76. The second-order valence-electron chi connectivity index (χ2n) is 5.93. The van der Waals surface area contributed by atoms with Crippen molar-refractivity contribution in [1.29, 1.82) is 0 Å². The summed E-state index contributed by atoms with van der Waals surface area (Å²) in [6, 6.07) is 13.9. The van der Waals surface area contributed by atoms with Crippen LogP contribution in [0.4, 0.5) is 10.1 Å². The van der Waals surface area contributed by atoms with Crippen LogP contribution in [0.1, 0.15) is 28.5 Å². The van der Waals surface area contributed by atoms with Crippen LogP contribution in [0.15, 0.2) is 48.5 Å². The first kappa shape index (κ1) is 18.9. The van der Waals surface area contributed by atoms with Gasteiger partial charge >= 0.3 is 0 Å². The molecule has 0 bridgehead atoms. The monoisotopic (exact) mass is 387 g/mol. The lowest BCUT2D eigenvalue weighted by molar-refractivity contribution is 0.102. The normalized spacial score (nSPS) is 10.7. The highest BCUT2D eigenvalue weighted by atomic mass is 35.5. The smallest absolute Gasteiger partial charge is 0.260 e. The number of nitrogens with one attached hydrogen (secondary N) is 1. The van der Waals surface area contributed by atoms with E-state index in [1.54, 1.807) is 24.6 Å². The first-order valence-electron chi connectivity index (χ1n) is 8.50. The molecule has 0 aliphatic carbocycles. The number of carbonyl (C=O) groups is 1. The van der Waals surface area contributed by atoms with E-state index >= 15 is 0 Å². The molecule has 0 fully saturated rings. The minimum atomic E-state index is -0.544. The molecule has 0 aliphatic heterocycles. The molecule has 1 aromatic heterocycles. The number of aromatic nitrogens is 2. The number of carbonyl (C=O) groups excluding carboxylic acids is 1. The molecule has 7 heteroatoms. The summed E-state index contributed by atoms with van der Waals surface area (Å²) in [6.45, 7) is 4.29. The van der Waals surface area contributed by atoms with E-state index in [1.165, 1.54) is 12.1 Å². The molecule has 0 saturated heterocycles. The molecular weight excluding hydrogens is 369 g/mol. The van der Waals surface area contributed by atoms with E-state index in [-0.39, 0.29) is 16.5 Å². The summed E-state index contributed by atoms with van der Waals surface area (Å²) in [7, 11) is 0. The Balaban J connectivity index is 1.80. The SMILES string of the molecule is CCOc1ccc(NC(=O)c2c(C)nn(Cc3ccccc3)c2Cl)cc1F. The van der Waals surface area contributed by atoms with Gasteiger partial charge < -0.3 is 10.1 Å². The fourth-order valence-electron chi connectivity index (χ4n) is 2.72. The van der Waals surface area contributed by atoms with E-state index in [0.29, 0.717) is 24.5 Å². The summed E-state index contributed by atoms with van der Waals surface area (Å²) in [5.74, 6) is -0.849. The fourth-order valence-corrected chi connectivity index (χ4v) is 3.04. The summed E-state index contributed by atoms with van der Waals surface area (Å²) < 4.78 is 20.7. The van der Waals surface area contributed by atoms with Gasteiger partial charge in [0.15, 0.2) is 11.6 Å². The Bertz CT molecular complexity index is 957. The van der Waals surface area contributed by atoms with Gasteiger partial charge in [-0.05, 0) is 31.5 Å². The number of benzene rings is 2. The van der Waals surface area contributed by atoms with Crippen molar-refractivity contribution in [2.75, 3.05) is 11.9 Å². The van der Waals surface area contributed by atoms with E-state index in [1.807, 2.05) is 30.3 Å². The molecule has 3 aromatic rings. The molecule has 0 atom stereocenters. The quantitative estimate of drug-likeness (QED) is 0.668. The largest absolute Gasteiger partial charge is 0.491 e. The van der Waals surface area contributed by atoms with Gasteiger partial charge in [-0.15, -0.1) is 0 Å². The Morgan fingerprint density at radius 2 is 2.00 bits per heavy atom. The van der Waals surface area contributed by atoms with Crippen LogP contribution in [-0.2, 0) is 6.54 Å². The summed E-state index contributed by atoms with van der Waals surface area (Å²) in [5, 5.41) is 7.25. The molecule has 5 nitrogen and oxygen atoms in total. The number of aryl methyl sites for hydroxylation is 1. The third kappa shape index (κ3) is 4.28. The van der Waals surface area contributed by atoms with E-state index in [4.69, 9.17) is 16.3 Å². The molecule has 1 heterocycles. The maximum Gasteiger partial charge on any atom is 0.260 e. The zero-order valence-electron chi connectivity index (χ0n) is 15.0. The van der Waals surface area contributed by atoms with Gasteiger partial charge in [-0.2, -0.15) is 5.10 Å². The molecule has 1 N–H and O–H groups in total. The van der Waals surface area contributed by atoms with Crippen LogP contribution in [0.2, 0.25) is 5.15 Å². The summed E-state index contributed by atoms with van der Waals surface area (Å²) >= 11 is 6.38. The van der Waals surface area contributed by atoms with Gasteiger partial charge in [0.2, 0.25) is 0 Å². The van der Waals surface area contributed by atoms with Crippen molar-refractivity contribution >= 4 is 23.2 Å². The van der Waals surface area contributed by atoms with Gasteiger partial charge in [-0.3, -0.25) is 4.79 Å². The minimum absolute atomic E-state index is 0.139. The van der Waals surface area contributed by atoms with Crippen LogP contribution in [-0.4, -0.2) is 22.3 Å². The molecule has 27 heavy (non-hydrogen) atoms. The lowest BCUT2D eigenvalue weighted by Gasteiger charge is -2.08. The van der Waals surface area contributed by atoms with Gasteiger partial charge in [0.05, 0.1) is 24.4 Å². The predicted molar refractivity (Wildman–Crippen MR) is 103 cm³/mol. The van der Waals surface area contributed by atoms with Crippen molar-refractivity contribution in [3.8, 4) is 5.75 Å². The number of amides is 1. The molecule has 1 amide bonds. The van der Waals surface area contributed by atoms with Crippen LogP contribution in [0, 0.1) is 12.7 Å². The van der Waals surface area contributed by atoms with Crippen molar-refractivity contribution in [2.45, 2.75) is 20.4 Å². The summed E-state index contributed by atoms with van der Waals surface area (Å²) in [5.41, 5.74) is 2.09. The first-order chi connectivity index (χ1) is 13.0.